The van der Waals surface area contributed by atoms with Crippen molar-refractivity contribution in [3.8, 4) is 0 Å². The molecule has 1 N–H and O–H groups in total. The smallest absolute Gasteiger partial charge is 0.338 e. The third-order valence-electron chi connectivity index (χ3n) is 3.33. The summed E-state index contributed by atoms with van der Waals surface area (Å²) >= 11 is 0. The van der Waals surface area contributed by atoms with Crippen LogP contribution in [0.1, 0.15) is 29.3 Å². The summed E-state index contributed by atoms with van der Waals surface area (Å²) in [6.45, 7) is 4.75. The van der Waals surface area contributed by atoms with E-state index < -0.39 is 0 Å². The fraction of sp³-hybridized carbons (Fsp3) is 0.278. The van der Waals surface area contributed by atoms with Crippen molar-refractivity contribution in [2.75, 3.05) is 11.9 Å². The van der Waals surface area contributed by atoms with Gasteiger partial charge in [0.2, 0.25) is 5.91 Å². The van der Waals surface area contributed by atoms with Crippen molar-refractivity contribution in [3.05, 3.63) is 59.9 Å². The number of carbonyl (C=O) groups excluding carboxylic acids is 2. The normalized spacial score (nSPS) is 9.75. The van der Waals surface area contributed by atoms with Crippen LogP contribution in [0.2, 0.25) is 0 Å². The lowest BCUT2D eigenvalue weighted by molar-refractivity contribution is -0.695. The molecular formula is C18H21BrN2O3. The summed E-state index contributed by atoms with van der Waals surface area (Å²) in [4.78, 5) is 23.5. The molecule has 2 aromatic rings. The van der Waals surface area contributed by atoms with Crippen molar-refractivity contribution in [3.63, 3.8) is 0 Å². The molecule has 24 heavy (non-hydrogen) atoms. The van der Waals surface area contributed by atoms with Crippen LogP contribution in [0.25, 0.3) is 0 Å². The first-order valence-corrected chi connectivity index (χ1v) is 7.61. The number of carbonyl (C=O) groups is 2. The van der Waals surface area contributed by atoms with Gasteiger partial charge in [0.1, 0.15) is 0 Å². The minimum atomic E-state index is -0.360. The highest BCUT2D eigenvalue weighted by Crippen LogP contribution is 2.11. The van der Waals surface area contributed by atoms with Crippen molar-refractivity contribution in [1.82, 2.24) is 0 Å². The first-order valence-electron chi connectivity index (χ1n) is 7.61. The summed E-state index contributed by atoms with van der Waals surface area (Å²) in [5.74, 6) is -0.428. The SMILES string of the molecule is CCOC(=O)c1ccc(NC(=O)CC[n+]2ccc(C)cc2)cc1.[Br-]. The standard InChI is InChI=1S/C18H20N2O3.BrH/c1-3-23-18(22)15-4-6-16(7-5-15)19-17(21)10-13-20-11-8-14(2)9-12-20;/h4-9,11-12H,3,10,13H2,1-2H3;1H. The third-order valence-corrected chi connectivity index (χ3v) is 3.33. The van der Waals surface area contributed by atoms with Gasteiger partial charge in [-0.2, -0.15) is 0 Å². The molecule has 5 nitrogen and oxygen atoms in total. The minimum Gasteiger partial charge on any atom is -1.00 e. The second kappa shape index (κ2) is 9.82. The van der Waals surface area contributed by atoms with Gasteiger partial charge < -0.3 is 27.0 Å². The van der Waals surface area contributed by atoms with E-state index in [0.29, 0.717) is 30.8 Å². The van der Waals surface area contributed by atoms with E-state index in [4.69, 9.17) is 4.74 Å². The number of ether oxygens (including phenoxy) is 1. The molecule has 1 aromatic heterocycles. The van der Waals surface area contributed by atoms with E-state index in [-0.39, 0.29) is 28.9 Å². The average molecular weight is 393 g/mol. The molecule has 1 aromatic carbocycles. The Hall–Kier alpha value is -2.21. The molecule has 1 heterocycles. The topological polar surface area (TPSA) is 59.3 Å². The maximum absolute atomic E-state index is 12.0. The van der Waals surface area contributed by atoms with E-state index in [2.05, 4.69) is 5.32 Å². The van der Waals surface area contributed by atoms with Gasteiger partial charge in [-0.1, -0.05) is 0 Å². The van der Waals surface area contributed by atoms with Crippen molar-refractivity contribution in [1.29, 1.82) is 0 Å². The Morgan fingerprint density at radius 2 is 1.71 bits per heavy atom. The van der Waals surface area contributed by atoms with Gasteiger partial charge in [-0.25, -0.2) is 9.36 Å². The van der Waals surface area contributed by atoms with Gasteiger partial charge in [-0.3, -0.25) is 4.79 Å². The molecule has 0 spiro atoms. The quantitative estimate of drug-likeness (QED) is 0.532. The summed E-state index contributed by atoms with van der Waals surface area (Å²) in [6, 6.07) is 10.7. The first kappa shape index (κ1) is 19.8. The molecule has 2 rings (SSSR count). The van der Waals surface area contributed by atoms with Crippen LogP contribution in [0.15, 0.2) is 48.8 Å². The van der Waals surface area contributed by atoms with Crippen LogP contribution in [-0.4, -0.2) is 18.5 Å². The van der Waals surface area contributed by atoms with E-state index in [1.54, 1.807) is 31.2 Å². The molecule has 0 aliphatic rings. The number of rotatable bonds is 6. The number of halogens is 1. The Morgan fingerprint density at radius 1 is 1.08 bits per heavy atom. The predicted octanol–water partition coefficient (Wildman–Crippen LogP) is -0.508. The highest BCUT2D eigenvalue weighted by Gasteiger charge is 2.09. The lowest BCUT2D eigenvalue weighted by atomic mass is 10.2. The van der Waals surface area contributed by atoms with Gasteiger partial charge in [0.15, 0.2) is 18.9 Å². The predicted molar refractivity (Wildman–Crippen MR) is 87.0 cm³/mol. The highest BCUT2D eigenvalue weighted by atomic mass is 79.9. The van der Waals surface area contributed by atoms with E-state index >= 15 is 0 Å². The molecule has 6 heteroatoms. The zero-order chi connectivity index (χ0) is 16.7. The molecule has 0 saturated heterocycles. The van der Waals surface area contributed by atoms with Crippen molar-refractivity contribution in [2.45, 2.75) is 26.8 Å². The minimum absolute atomic E-state index is 0. The molecule has 0 aliphatic heterocycles. The number of nitrogens with one attached hydrogen (secondary N) is 1. The number of aromatic nitrogens is 1. The molecule has 0 bridgehead atoms. The number of anilines is 1. The van der Waals surface area contributed by atoms with Crippen LogP contribution < -0.4 is 26.9 Å². The van der Waals surface area contributed by atoms with Crippen LogP contribution in [0.5, 0.6) is 0 Å². The van der Waals surface area contributed by atoms with Gasteiger partial charge in [0.05, 0.1) is 18.6 Å². The Bertz CT molecular complexity index is 670. The number of benzene rings is 1. The zero-order valence-electron chi connectivity index (χ0n) is 13.8. The number of nitrogens with zero attached hydrogens (tertiary/aromatic N) is 1. The summed E-state index contributed by atoms with van der Waals surface area (Å²) < 4.78 is 6.88. The van der Waals surface area contributed by atoms with Gasteiger partial charge >= 0.3 is 5.97 Å². The second-order valence-corrected chi connectivity index (χ2v) is 5.21. The summed E-state index contributed by atoms with van der Waals surface area (Å²) in [5.41, 5.74) is 2.32. The second-order valence-electron chi connectivity index (χ2n) is 5.21. The third kappa shape index (κ3) is 6.12. The van der Waals surface area contributed by atoms with Gasteiger partial charge in [0.25, 0.3) is 0 Å². The largest absolute Gasteiger partial charge is 1.00 e. The van der Waals surface area contributed by atoms with E-state index in [1.165, 1.54) is 5.56 Å². The zero-order valence-corrected chi connectivity index (χ0v) is 15.4. The number of amides is 1. The maximum Gasteiger partial charge on any atom is 0.338 e. The number of pyridine rings is 1. The molecule has 0 radical (unpaired) electrons. The Labute approximate surface area is 152 Å². The van der Waals surface area contributed by atoms with Crippen LogP contribution in [0.3, 0.4) is 0 Å². The molecule has 1 amide bonds. The number of hydrogen-bond acceptors (Lipinski definition) is 3. The number of aryl methyl sites for hydroxylation is 2. The van der Waals surface area contributed by atoms with Gasteiger partial charge in [-0.05, 0) is 43.7 Å². The van der Waals surface area contributed by atoms with Crippen molar-refractivity contribution >= 4 is 17.6 Å². The fourth-order valence-corrected chi connectivity index (χ4v) is 2.04. The molecule has 128 valence electrons. The Kier molecular flexibility index (Phi) is 8.12. The molecule has 0 fully saturated rings. The summed E-state index contributed by atoms with van der Waals surface area (Å²) in [7, 11) is 0. The fourth-order valence-electron chi connectivity index (χ4n) is 2.04. The average Bonchev–Trinajstić information content (AvgIpc) is 2.55. The van der Waals surface area contributed by atoms with Crippen LogP contribution in [0, 0.1) is 6.92 Å². The van der Waals surface area contributed by atoms with Crippen LogP contribution >= 0.6 is 0 Å². The van der Waals surface area contributed by atoms with E-state index in [1.807, 2.05) is 36.0 Å². The molecule has 0 saturated carbocycles. The monoisotopic (exact) mass is 392 g/mol. The van der Waals surface area contributed by atoms with Crippen LogP contribution in [-0.2, 0) is 16.1 Å². The van der Waals surface area contributed by atoms with E-state index in [0.717, 1.165) is 0 Å². The number of esters is 1. The maximum atomic E-state index is 12.0. The van der Waals surface area contributed by atoms with E-state index in [9.17, 15) is 9.59 Å². The number of hydrogen-bond donors (Lipinski definition) is 1. The lowest BCUT2D eigenvalue weighted by Gasteiger charge is -2.06. The van der Waals surface area contributed by atoms with Gasteiger partial charge in [0, 0.05) is 17.8 Å². The van der Waals surface area contributed by atoms with Gasteiger partial charge in [-0.15, -0.1) is 0 Å². The van der Waals surface area contributed by atoms with Crippen molar-refractivity contribution in [2.24, 2.45) is 0 Å². The molecule has 0 atom stereocenters. The lowest BCUT2D eigenvalue weighted by Crippen LogP contribution is -3.00. The molecular weight excluding hydrogens is 372 g/mol. The Morgan fingerprint density at radius 3 is 2.29 bits per heavy atom. The highest BCUT2D eigenvalue weighted by molar-refractivity contribution is 5.92. The summed E-state index contributed by atoms with van der Waals surface area (Å²) in [5, 5.41) is 2.82. The molecule has 0 aliphatic carbocycles. The first-order chi connectivity index (χ1) is 11.1. The van der Waals surface area contributed by atoms with Crippen molar-refractivity contribution < 1.29 is 35.9 Å². The van der Waals surface area contributed by atoms with Crippen LogP contribution in [0.4, 0.5) is 5.69 Å². The Balaban J connectivity index is 0.00000288. The summed E-state index contributed by atoms with van der Waals surface area (Å²) in [6.07, 6.45) is 4.29. The molecule has 0 unspecified atom stereocenters.